The molecular formula is C9H11N2S2+. The molecule has 4 heteroatoms. The van der Waals surface area contributed by atoms with Gasteiger partial charge in [-0.1, -0.05) is 22.9 Å². The fourth-order valence-electron chi connectivity index (χ4n) is 1.28. The molecule has 68 valence electrons. The van der Waals surface area contributed by atoms with Crippen molar-refractivity contribution in [1.82, 2.24) is 5.43 Å². The van der Waals surface area contributed by atoms with E-state index in [1.165, 1.54) is 5.04 Å². The molecule has 1 atom stereocenters. The Hall–Kier alpha value is -0.610. The van der Waals surface area contributed by atoms with E-state index >= 15 is 0 Å². The minimum absolute atomic E-state index is 0.167. The number of para-hydroxylation sites is 1. The molecular weight excluding hydrogens is 200 g/mol. The highest BCUT2D eigenvalue weighted by Crippen LogP contribution is 2.24. The predicted octanol–water partition coefficient (Wildman–Crippen LogP) is 2.21. The lowest BCUT2D eigenvalue weighted by atomic mass is 10.3. The summed E-state index contributed by atoms with van der Waals surface area (Å²) in [5.41, 5.74) is 4.40. The second-order valence-corrected chi connectivity index (χ2v) is 4.95. The second-order valence-electron chi connectivity index (χ2n) is 2.79. The number of hydrogen-bond acceptors (Lipinski definition) is 3. The third kappa shape index (κ3) is 1.84. The van der Waals surface area contributed by atoms with Gasteiger partial charge in [-0.2, -0.15) is 5.43 Å². The van der Waals surface area contributed by atoms with Crippen LogP contribution in [-0.2, 0) is 0 Å². The summed E-state index contributed by atoms with van der Waals surface area (Å²) in [7, 11) is 0. The Balaban J connectivity index is 2.33. The van der Waals surface area contributed by atoms with E-state index in [0.717, 1.165) is 5.69 Å². The molecule has 1 aromatic carbocycles. The maximum Gasteiger partial charge on any atom is 0.246 e. The average molecular weight is 211 g/mol. The molecule has 0 saturated heterocycles. The molecule has 1 aliphatic heterocycles. The molecule has 1 heterocycles. The fraction of sp³-hybridized carbons (Fsp3) is 0.222. The molecule has 2 rings (SSSR count). The van der Waals surface area contributed by atoms with Gasteiger partial charge in [0.15, 0.2) is 4.71 Å². The molecule has 0 aromatic heterocycles. The molecule has 0 bridgehead atoms. The van der Waals surface area contributed by atoms with Gasteiger partial charge in [-0.15, -0.1) is 12.6 Å². The Bertz CT molecular complexity index is 335. The molecule has 0 radical (unpaired) electrons. The SMILES string of the molecule is CC1=[N+](c2ccccc2)NC(S)S1. The minimum atomic E-state index is 0.167. The van der Waals surface area contributed by atoms with Crippen LogP contribution in [0.25, 0.3) is 0 Å². The Morgan fingerprint density at radius 2 is 2.08 bits per heavy atom. The predicted molar refractivity (Wildman–Crippen MR) is 60.5 cm³/mol. The van der Waals surface area contributed by atoms with Crippen molar-refractivity contribution in [3.63, 3.8) is 0 Å². The van der Waals surface area contributed by atoms with Crippen molar-refractivity contribution in [3.05, 3.63) is 30.3 Å². The standard InChI is InChI=1S/C9H10N2S2/c1-7-11(10-9(12)13-7)8-5-3-2-4-6-8/h2-6,9-10H,1H3/p+1. The van der Waals surface area contributed by atoms with Crippen molar-refractivity contribution >= 4 is 35.1 Å². The van der Waals surface area contributed by atoms with Crippen LogP contribution in [0.4, 0.5) is 5.69 Å². The Kier molecular flexibility index (Phi) is 2.51. The van der Waals surface area contributed by atoms with Crippen molar-refractivity contribution in [3.8, 4) is 0 Å². The summed E-state index contributed by atoms with van der Waals surface area (Å²) in [6.45, 7) is 2.08. The zero-order valence-electron chi connectivity index (χ0n) is 7.27. The van der Waals surface area contributed by atoms with E-state index in [1.807, 2.05) is 18.2 Å². The normalized spacial score (nSPS) is 21.8. The number of rotatable bonds is 1. The Morgan fingerprint density at radius 3 is 2.62 bits per heavy atom. The van der Waals surface area contributed by atoms with E-state index in [9.17, 15) is 0 Å². The second kappa shape index (κ2) is 3.64. The molecule has 0 amide bonds. The van der Waals surface area contributed by atoms with Gasteiger partial charge in [0.25, 0.3) is 0 Å². The van der Waals surface area contributed by atoms with E-state index in [4.69, 9.17) is 0 Å². The van der Waals surface area contributed by atoms with Crippen LogP contribution in [-0.4, -0.2) is 14.4 Å². The number of nitrogens with one attached hydrogen (secondary N) is 1. The van der Waals surface area contributed by atoms with Gasteiger partial charge in [0.05, 0.1) is 0 Å². The van der Waals surface area contributed by atoms with Gasteiger partial charge < -0.3 is 0 Å². The van der Waals surface area contributed by atoms with Gasteiger partial charge >= 0.3 is 0 Å². The monoisotopic (exact) mass is 211 g/mol. The highest BCUT2D eigenvalue weighted by Gasteiger charge is 2.27. The van der Waals surface area contributed by atoms with Gasteiger partial charge in [0.1, 0.15) is 0 Å². The molecule has 2 nitrogen and oxygen atoms in total. The quantitative estimate of drug-likeness (QED) is 0.547. The third-order valence-electron chi connectivity index (χ3n) is 1.85. The van der Waals surface area contributed by atoms with Crippen molar-refractivity contribution in [2.45, 2.75) is 11.6 Å². The molecule has 0 aliphatic carbocycles. The third-order valence-corrected chi connectivity index (χ3v) is 3.14. The number of hydrogen-bond donors (Lipinski definition) is 2. The molecule has 1 N–H and O–H groups in total. The van der Waals surface area contributed by atoms with Crippen molar-refractivity contribution in [2.75, 3.05) is 0 Å². The Morgan fingerprint density at radius 1 is 1.38 bits per heavy atom. The van der Waals surface area contributed by atoms with Crippen LogP contribution >= 0.6 is 24.4 Å². The largest absolute Gasteiger partial charge is 0.246 e. The lowest BCUT2D eigenvalue weighted by Gasteiger charge is -1.98. The molecule has 13 heavy (non-hydrogen) atoms. The number of hydrazone groups is 1. The number of thiol groups is 1. The first kappa shape index (κ1) is 8.97. The Labute approximate surface area is 87.4 Å². The average Bonchev–Trinajstić information content (AvgIpc) is 2.47. The van der Waals surface area contributed by atoms with Crippen LogP contribution in [0.15, 0.2) is 30.3 Å². The first-order valence-corrected chi connectivity index (χ1v) is 5.46. The van der Waals surface area contributed by atoms with Crippen molar-refractivity contribution in [2.24, 2.45) is 0 Å². The first-order chi connectivity index (χ1) is 6.27. The fourth-order valence-corrected chi connectivity index (χ4v) is 2.59. The van der Waals surface area contributed by atoms with Crippen molar-refractivity contribution < 1.29 is 4.68 Å². The summed E-state index contributed by atoms with van der Waals surface area (Å²) in [4.78, 5) is 0. The van der Waals surface area contributed by atoms with E-state index in [1.54, 1.807) is 11.8 Å². The maximum atomic E-state index is 4.35. The number of thioether (sulfide) groups is 1. The van der Waals surface area contributed by atoms with Crippen LogP contribution in [0.3, 0.4) is 0 Å². The smallest absolute Gasteiger partial charge is 0.168 e. The van der Waals surface area contributed by atoms with Crippen molar-refractivity contribution in [1.29, 1.82) is 0 Å². The van der Waals surface area contributed by atoms with Gasteiger partial charge in [-0.25, -0.2) is 0 Å². The molecule has 1 aromatic rings. The van der Waals surface area contributed by atoms with Crippen LogP contribution < -0.4 is 5.43 Å². The molecule has 0 spiro atoms. The summed E-state index contributed by atoms with van der Waals surface area (Å²) in [6, 6.07) is 10.2. The lowest BCUT2D eigenvalue weighted by Crippen LogP contribution is -2.24. The molecule has 0 saturated carbocycles. The summed E-state index contributed by atoms with van der Waals surface area (Å²) >= 11 is 6.07. The summed E-state index contributed by atoms with van der Waals surface area (Å²) < 4.78 is 2.22. The summed E-state index contributed by atoms with van der Waals surface area (Å²) in [5.74, 6) is 0. The summed E-state index contributed by atoms with van der Waals surface area (Å²) in [6.07, 6.45) is 0. The van der Waals surface area contributed by atoms with Crippen LogP contribution in [0.2, 0.25) is 0 Å². The molecule has 1 aliphatic rings. The number of hydrazine groups is 1. The van der Waals surface area contributed by atoms with Gasteiger partial charge in [-0.3, -0.25) is 0 Å². The van der Waals surface area contributed by atoms with E-state index in [2.05, 4.69) is 41.8 Å². The van der Waals surface area contributed by atoms with Crippen LogP contribution in [0.1, 0.15) is 6.92 Å². The highest BCUT2D eigenvalue weighted by atomic mass is 32.2. The first-order valence-electron chi connectivity index (χ1n) is 4.07. The van der Waals surface area contributed by atoms with E-state index in [-0.39, 0.29) is 4.71 Å². The van der Waals surface area contributed by atoms with Crippen LogP contribution in [0, 0.1) is 0 Å². The maximum absolute atomic E-state index is 4.35. The van der Waals surface area contributed by atoms with Gasteiger partial charge in [0, 0.05) is 19.1 Å². The minimum Gasteiger partial charge on any atom is -0.168 e. The van der Waals surface area contributed by atoms with E-state index < -0.39 is 0 Å². The summed E-state index contributed by atoms with van der Waals surface area (Å²) in [5, 5.41) is 1.23. The van der Waals surface area contributed by atoms with Gasteiger partial charge in [0.2, 0.25) is 10.7 Å². The highest BCUT2D eigenvalue weighted by molar-refractivity contribution is 8.21. The van der Waals surface area contributed by atoms with E-state index in [0.29, 0.717) is 0 Å². The molecule has 0 fully saturated rings. The van der Waals surface area contributed by atoms with Gasteiger partial charge in [-0.05, 0) is 11.8 Å². The zero-order valence-corrected chi connectivity index (χ0v) is 8.98. The van der Waals surface area contributed by atoms with Crippen LogP contribution in [0.5, 0.6) is 0 Å². The lowest BCUT2D eigenvalue weighted by molar-refractivity contribution is -0.499. The number of benzene rings is 1. The number of nitrogens with zero attached hydrogens (tertiary/aromatic N) is 1. The topological polar surface area (TPSA) is 15.0 Å². The zero-order chi connectivity index (χ0) is 9.26. The molecule has 1 unspecified atom stereocenters.